The average Bonchev–Trinajstić information content (AvgIpc) is 2.69. The van der Waals surface area contributed by atoms with Crippen LogP contribution in [0.5, 0.6) is 0 Å². The summed E-state index contributed by atoms with van der Waals surface area (Å²) in [5.74, 6) is -0.356. The smallest absolute Gasteiger partial charge is 0.255 e. The lowest BCUT2D eigenvalue weighted by Crippen LogP contribution is -2.58. The molecule has 1 saturated carbocycles. The first kappa shape index (κ1) is 14.1. The van der Waals surface area contributed by atoms with E-state index in [4.69, 9.17) is 16.2 Å². The van der Waals surface area contributed by atoms with Crippen LogP contribution in [0.25, 0.3) is 0 Å². The number of ether oxygens (including phenoxy) is 1. The minimum atomic E-state index is -0.549. The highest BCUT2D eigenvalue weighted by Gasteiger charge is 2.49. The van der Waals surface area contributed by atoms with Crippen molar-refractivity contribution in [1.82, 2.24) is 4.37 Å². The van der Waals surface area contributed by atoms with Crippen LogP contribution in [0.15, 0.2) is 0 Å². The van der Waals surface area contributed by atoms with E-state index in [9.17, 15) is 4.79 Å². The predicted molar refractivity (Wildman–Crippen MR) is 76.3 cm³/mol. The quantitative estimate of drug-likeness (QED) is 0.759. The molecule has 1 heterocycles. The number of nitrogen functional groups attached to an aromatic ring is 1. The van der Waals surface area contributed by atoms with Gasteiger partial charge < -0.3 is 21.5 Å². The number of nitrogens with two attached hydrogens (primary N) is 2. The number of anilines is 2. The summed E-state index contributed by atoms with van der Waals surface area (Å²) in [6, 6.07) is 0.224. The summed E-state index contributed by atoms with van der Waals surface area (Å²) in [5, 5.41) is 3.97. The zero-order chi connectivity index (χ0) is 14.2. The van der Waals surface area contributed by atoms with Crippen molar-refractivity contribution in [2.24, 2.45) is 11.1 Å². The van der Waals surface area contributed by atoms with Crippen molar-refractivity contribution >= 4 is 28.3 Å². The van der Waals surface area contributed by atoms with Gasteiger partial charge in [-0.2, -0.15) is 4.37 Å². The third kappa shape index (κ3) is 2.40. The van der Waals surface area contributed by atoms with E-state index in [1.807, 2.05) is 6.92 Å². The first-order chi connectivity index (χ1) is 8.87. The van der Waals surface area contributed by atoms with E-state index in [0.29, 0.717) is 17.2 Å². The van der Waals surface area contributed by atoms with Crippen LogP contribution in [0.1, 0.15) is 37.6 Å². The Labute approximate surface area is 116 Å². The topological polar surface area (TPSA) is 103 Å². The molecule has 2 atom stereocenters. The fourth-order valence-electron chi connectivity index (χ4n) is 2.41. The largest absolute Gasteiger partial charge is 0.382 e. The van der Waals surface area contributed by atoms with Crippen LogP contribution in [0.3, 0.4) is 0 Å². The van der Waals surface area contributed by atoms with Gasteiger partial charge in [0.2, 0.25) is 0 Å². The van der Waals surface area contributed by atoms with Crippen molar-refractivity contribution in [2.75, 3.05) is 17.7 Å². The van der Waals surface area contributed by atoms with Gasteiger partial charge in [0.15, 0.2) is 5.82 Å². The Bertz CT molecular complexity index is 486. The van der Waals surface area contributed by atoms with E-state index in [1.165, 1.54) is 11.5 Å². The van der Waals surface area contributed by atoms with E-state index in [-0.39, 0.29) is 23.4 Å². The highest BCUT2D eigenvalue weighted by atomic mass is 32.1. The fourth-order valence-corrected chi connectivity index (χ4v) is 3.18. The second-order valence-electron chi connectivity index (χ2n) is 5.33. The van der Waals surface area contributed by atoms with Crippen LogP contribution in [0.2, 0.25) is 0 Å². The Morgan fingerprint density at radius 3 is 2.84 bits per heavy atom. The number of hydrogen-bond acceptors (Lipinski definition) is 6. The van der Waals surface area contributed by atoms with Gasteiger partial charge in [0.05, 0.1) is 6.10 Å². The highest BCUT2D eigenvalue weighted by molar-refractivity contribution is 7.11. The summed E-state index contributed by atoms with van der Waals surface area (Å²) in [6.07, 6.45) is 1.13. The normalized spacial score (nSPS) is 24.8. The van der Waals surface area contributed by atoms with Crippen LogP contribution in [-0.4, -0.2) is 29.0 Å². The van der Waals surface area contributed by atoms with Gasteiger partial charge in [0, 0.05) is 18.1 Å². The van der Waals surface area contributed by atoms with Crippen molar-refractivity contribution in [2.45, 2.75) is 39.3 Å². The molecule has 2 rings (SSSR count). The molecule has 19 heavy (non-hydrogen) atoms. The summed E-state index contributed by atoms with van der Waals surface area (Å²) >= 11 is 1.17. The minimum Gasteiger partial charge on any atom is -0.382 e. The molecule has 1 fully saturated rings. The molecule has 1 aliphatic carbocycles. The molecule has 1 amide bonds. The summed E-state index contributed by atoms with van der Waals surface area (Å²) in [6.45, 7) is 6.98. The molecule has 0 bridgehead atoms. The number of primary amides is 1. The number of carbonyl (C=O) groups excluding carboxylic acids is 1. The minimum absolute atomic E-state index is 0.00365. The predicted octanol–water partition coefficient (Wildman–Crippen LogP) is 1.44. The molecule has 106 valence electrons. The van der Waals surface area contributed by atoms with E-state index in [2.05, 4.69) is 23.5 Å². The van der Waals surface area contributed by atoms with Gasteiger partial charge in [-0.05, 0) is 24.9 Å². The Kier molecular flexibility index (Phi) is 3.69. The average molecular weight is 284 g/mol. The second kappa shape index (κ2) is 4.97. The molecule has 0 saturated heterocycles. The van der Waals surface area contributed by atoms with Crippen molar-refractivity contribution in [1.29, 1.82) is 0 Å². The SMILES string of the molecule is CCOC1CC(Nc2snc(N)c2C(N)=O)C1(C)C. The Morgan fingerprint density at radius 1 is 1.63 bits per heavy atom. The van der Waals surface area contributed by atoms with Crippen molar-refractivity contribution < 1.29 is 9.53 Å². The van der Waals surface area contributed by atoms with Crippen LogP contribution in [0, 0.1) is 5.41 Å². The molecule has 0 aliphatic heterocycles. The van der Waals surface area contributed by atoms with Gasteiger partial charge in [-0.3, -0.25) is 4.79 Å². The maximum Gasteiger partial charge on any atom is 0.255 e. The van der Waals surface area contributed by atoms with E-state index in [1.54, 1.807) is 0 Å². The molecule has 0 spiro atoms. The van der Waals surface area contributed by atoms with Crippen LogP contribution in [0.4, 0.5) is 10.8 Å². The molecule has 2 unspecified atom stereocenters. The summed E-state index contributed by atoms with van der Waals surface area (Å²) in [4.78, 5) is 11.4. The zero-order valence-corrected chi connectivity index (χ0v) is 12.2. The third-order valence-electron chi connectivity index (χ3n) is 3.82. The van der Waals surface area contributed by atoms with Crippen molar-refractivity contribution in [3.63, 3.8) is 0 Å². The van der Waals surface area contributed by atoms with Crippen LogP contribution >= 0.6 is 11.5 Å². The standard InChI is InChI=1S/C12H20N4O2S/c1-4-18-7-5-6(12(7,2)3)15-11-8(10(14)17)9(13)16-19-11/h6-7,15H,4-5H2,1-3H3,(H2,13,16)(H2,14,17). The molecule has 5 N–H and O–H groups in total. The number of nitrogens with zero attached hydrogens (tertiary/aromatic N) is 1. The first-order valence-electron chi connectivity index (χ1n) is 6.31. The van der Waals surface area contributed by atoms with Crippen molar-refractivity contribution in [3.05, 3.63) is 5.56 Å². The lowest BCUT2D eigenvalue weighted by Gasteiger charge is -2.51. The Morgan fingerprint density at radius 2 is 2.32 bits per heavy atom. The van der Waals surface area contributed by atoms with Crippen LogP contribution < -0.4 is 16.8 Å². The molecule has 1 aromatic rings. The first-order valence-corrected chi connectivity index (χ1v) is 7.08. The van der Waals surface area contributed by atoms with E-state index < -0.39 is 5.91 Å². The molecule has 0 aromatic carbocycles. The Balaban J connectivity index is 2.10. The Hall–Kier alpha value is -1.34. The number of carbonyl (C=O) groups is 1. The lowest BCUT2D eigenvalue weighted by atomic mass is 9.64. The van der Waals surface area contributed by atoms with Gasteiger partial charge in [0.1, 0.15) is 10.6 Å². The van der Waals surface area contributed by atoms with Gasteiger partial charge in [-0.25, -0.2) is 0 Å². The summed E-state index contributed by atoms with van der Waals surface area (Å²) < 4.78 is 9.65. The maximum atomic E-state index is 11.4. The number of aromatic nitrogens is 1. The van der Waals surface area contributed by atoms with E-state index in [0.717, 1.165) is 6.42 Å². The second-order valence-corrected chi connectivity index (χ2v) is 6.11. The number of rotatable bonds is 5. The molecule has 1 aliphatic rings. The van der Waals surface area contributed by atoms with Gasteiger partial charge in [0.25, 0.3) is 5.91 Å². The molecule has 6 nitrogen and oxygen atoms in total. The molecule has 1 aromatic heterocycles. The number of amides is 1. The van der Waals surface area contributed by atoms with Gasteiger partial charge in [-0.1, -0.05) is 13.8 Å². The molecular formula is C12H20N4O2S. The summed E-state index contributed by atoms with van der Waals surface area (Å²) in [7, 11) is 0. The molecular weight excluding hydrogens is 264 g/mol. The third-order valence-corrected chi connectivity index (χ3v) is 4.61. The number of nitrogens with one attached hydrogen (secondary N) is 1. The highest BCUT2D eigenvalue weighted by Crippen LogP contribution is 2.45. The van der Waals surface area contributed by atoms with Gasteiger partial charge >= 0.3 is 0 Å². The summed E-state index contributed by atoms with van der Waals surface area (Å²) in [5.41, 5.74) is 11.3. The molecule has 7 heteroatoms. The molecule has 0 radical (unpaired) electrons. The van der Waals surface area contributed by atoms with E-state index >= 15 is 0 Å². The van der Waals surface area contributed by atoms with Gasteiger partial charge in [-0.15, -0.1) is 0 Å². The monoisotopic (exact) mass is 284 g/mol. The van der Waals surface area contributed by atoms with Crippen molar-refractivity contribution in [3.8, 4) is 0 Å². The maximum absolute atomic E-state index is 11.4. The zero-order valence-electron chi connectivity index (χ0n) is 11.4. The lowest BCUT2D eigenvalue weighted by molar-refractivity contribution is -0.0975. The number of hydrogen-bond donors (Lipinski definition) is 3. The fraction of sp³-hybridized carbons (Fsp3) is 0.667. The van der Waals surface area contributed by atoms with Crippen LogP contribution in [-0.2, 0) is 4.74 Å².